The van der Waals surface area contributed by atoms with Gasteiger partial charge in [0, 0.05) is 42.7 Å². The van der Waals surface area contributed by atoms with E-state index >= 15 is 0 Å². The summed E-state index contributed by atoms with van der Waals surface area (Å²) < 4.78 is 28.3. The summed E-state index contributed by atoms with van der Waals surface area (Å²) in [7, 11) is 0. The molecule has 3 atom stereocenters. The van der Waals surface area contributed by atoms with Gasteiger partial charge in [-0.2, -0.15) is 0 Å². The number of benzene rings is 2. The molecule has 270 valence electrons. The van der Waals surface area contributed by atoms with Crippen LogP contribution >= 0.6 is 0 Å². The Balaban J connectivity index is 1.79. The Morgan fingerprint density at radius 1 is 0.898 bits per heavy atom. The van der Waals surface area contributed by atoms with E-state index in [9.17, 15) is 38.2 Å². The van der Waals surface area contributed by atoms with Crippen LogP contribution in [-0.2, 0) is 16.0 Å². The van der Waals surface area contributed by atoms with Crippen LogP contribution in [0.5, 0.6) is 0 Å². The molecule has 0 saturated heterocycles. The molecule has 1 aliphatic rings. The summed E-state index contributed by atoms with van der Waals surface area (Å²) >= 11 is 0. The predicted octanol–water partition coefficient (Wildman–Crippen LogP) is 5.99. The summed E-state index contributed by atoms with van der Waals surface area (Å²) in [6.07, 6.45) is 3.20. The van der Waals surface area contributed by atoms with Gasteiger partial charge in [0.05, 0.1) is 18.1 Å². The zero-order chi connectivity index (χ0) is 36.1. The minimum Gasteiger partial charge on any atom is -0.481 e. The van der Waals surface area contributed by atoms with E-state index in [0.717, 1.165) is 31.0 Å². The van der Waals surface area contributed by atoms with E-state index in [0.29, 0.717) is 57.3 Å². The van der Waals surface area contributed by atoms with Crippen LogP contribution in [0.1, 0.15) is 105 Å². The van der Waals surface area contributed by atoms with E-state index in [1.807, 2.05) is 27.7 Å². The Hall–Kier alpha value is -3.86. The molecule has 1 saturated carbocycles. The number of aliphatic carboxylic acids is 1. The molecular weight excluding hydrogens is 632 g/mol. The van der Waals surface area contributed by atoms with Gasteiger partial charge in [-0.05, 0) is 106 Å². The molecule has 3 amide bonds. The Morgan fingerprint density at radius 3 is 2.08 bits per heavy atom. The summed E-state index contributed by atoms with van der Waals surface area (Å²) in [6, 6.07) is 8.32. The number of amides is 3. The van der Waals surface area contributed by atoms with Gasteiger partial charge in [-0.1, -0.05) is 33.8 Å². The molecule has 0 aromatic heterocycles. The van der Waals surface area contributed by atoms with Crippen LogP contribution in [0.3, 0.4) is 0 Å². The van der Waals surface area contributed by atoms with Crippen LogP contribution in [0, 0.1) is 35.3 Å². The van der Waals surface area contributed by atoms with Crippen molar-refractivity contribution in [1.29, 1.82) is 0 Å². The minimum absolute atomic E-state index is 0.0139. The fourth-order valence-corrected chi connectivity index (χ4v) is 6.69. The molecule has 0 bridgehead atoms. The lowest BCUT2D eigenvalue weighted by Gasteiger charge is -2.30. The number of aliphatic hydroxyl groups excluding tert-OH is 1. The Bertz CT molecular complexity index is 1390. The van der Waals surface area contributed by atoms with E-state index in [4.69, 9.17) is 0 Å². The van der Waals surface area contributed by atoms with Gasteiger partial charge >= 0.3 is 5.97 Å². The molecule has 9 nitrogen and oxygen atoms in total. The van der Waals surface area contributed by atoms with Gasteiger partial charge < -0.3 is 25.7 Å². The quantitative estimate of drug-likeness (QED) is 0.152. The first-order chi connectivity index (χ1) is 23.3. The van der Waals surface area contributed by atoms with Crippen molar-refractivity contribution in [3.63, 3.8) is 0 Å². The van der Waals surface area contributed by atoms with Gasteiger partial charge in [-0.3, -0.25) is 19.2 Å². The van der Waals surface area contributed by atoms with Gasteiger partial charge in [0.15, 0.2) is 0 Å². The summed E-state index contributed by atoms with van der Waals surface area (Å²) in [5.41, 5.74) is 0.766. The van der Waals surface area contributed by atoms with Crippen molar-refractivity contribution in [3.05, 3.63) is 70.8 Å². The highest BCUT2D eigenvalue weighted by molar-refractivity contribution is 5.99. The molecule has 1 fully saturated rings. The summed E-state index contributed by atoms with van der Waals surface area (Å²) in [5.74, 6) is -4.08. The molecule has 0 radical (unpaired) electrons. The zero-order valence-corrected chi connectivity index (χ0v) is 29.2. The molecule has 3 rings (SSSR count). The van der Waals surface area contributed by atoms with Crippen LogP contribution in [0.15, 0.2) is 42.5 Å². The average Bonchev–Trinajstić information content (AvgIpc) is 3.05. The normalized spacial score (nSPS) is 18.0. The SMILES string of the molecule is CCCN(CCC)C(=O)c1cccc(C(=O)NC(Cc2cc(F)cc(F)c2)C(O)CC(CC(C)C)C(=O)NCC2CCC(C(=O)O)CC2)c1. The molecule has 0 heterocycles. The van der Waals surface area contributed by atoms with Crippen molar-refractivity contribution in [1.82, 2.24) is 15.5 Å². The Kier molecular flexibility index (Phi) is 15.6. The fourth-order valence-electron chi connectivity index (χ4n) is 6.69. The van der Waals surface area contributed by atoms with Crippen molar-refractivity contribution in [3.8, 4) is 0 Å². The number of hydrogen-bond donors (Lipinski definition) is 4. The van der Waals surface area contributed by atoms with E-state index < -0.39 is 41.6 Å². The number of rotatable bonds is 18. The number of hydrogen-bond acceptors (Lipinski definition) is 5. The lowest BCUT2D eigenvalue weighted by Crippen LogP contribution is -2.47. The van der Waals surface area contributed by atoms with E-state index in [1.54, 1.807) is 23.1 Å². The van der Waals surface area contributed by atoms with Gasteiger partial charge in [-0.15, -0.1) is 0 Å². The van der Waals surface area contributed by atoms with Gasteiger partial charge in [-0.25, -0.2) is 8.78 Å². The Labute approximate surface area is 288 Å². The number of carbonyl (C=O) groups is 4. The monoisotopic (exact) mass is 685 g/mol. The maximum atomic E-state index is 14.2. The third-order valence-electron chi connectivity index (χ3n) is 9.22. The van der Waals surface area contributed by atoms with Crippen molar-refractivity contribution in [2.45, 2.75) is 97.6 Å². The first kappa shape index (κ1) is 39.6. The number of aliphatic hydroxyl groups is 1. The molecule has 3 unspecified atom stereocenters. The second-order valence-corrected chi connectivity index (χ2v) is 13.9. The number of carboxylic acids is 1. The standard InChI is InChI=1S/C38H53F2N3O6/c1-5-14-43(15-6-2)37(47)29-9-7-8-28(20-29)36(46)42-33(19-26-17-31(39)22-32(40)18-26)34(44)21-30(16-24(3)4)35(45)41-23-25-10-12-27(13-11-25)38(48)49/h7-9,17-18,20,22,24-25,27,30,33-34,44H,5-6,10-16,19,21,23H2,1-4H3,(H,41,45)(H,42,46)(H,48,49). The van der Waals surface area contributed by atoms with Crippen LogP contribution in [0.2, 0.25) is 0 Å². The van der Waals surface area contributed by atoms with E-state index in [-0.39, 0.29) is 53.5 Å². The first-order valence-corrected chi connectivity index (χ1v) is 17.6. The molecule has 0 spiro atoms. The minimum atomic E-state index is -1.26. The number of nitrogens with one attached hydrogen (secondary N) is 2. The number of carboxylic acid groups (broad SMARTS) is 1. The molecular formula is C38H53F2N3O6. The highest BCUT2D eigenvalue weighted by Gasteiger charge is 2.31. The first-order valence-electron chi connectivity index (χ1n) is 17.6. The third-order valence-corrected chi connectivity index (χ3v) is 9.22. The molecule has 49 heavy (non-hydrogen) atoms. The van der Waals surface area contributed by atoms with Gasteiger partial charge in [0.2, 0.25) is 5.91 Å². The van der Waals surface area contributed by atoms with Gasteiger partial charge in [0.1, 0.15) is 11.6 Å². The smallest absolute Gasteiger partial charge is 0.306 e. The number of halogens is 2. The summed E-state index contributed by atoms with van der Waals surface area (Å²) in [6.45, 7) is 9.47. The Morgan fingerprint density at radius 2 is 1.51 bits per heavy atom. The van der Waals surface area contributed by atoms with Crippen molar-refractivity contribution < 1.29 is 38.2 Å². The predicted molar refractivity (Wildman–Crippen MR) is 184 cm³/mol. The number of carbonyl (C=O) groups excluding carboxylic acids is 3. The highest BCUT2D eigenvalue weighted by Crippen LogP contribution is 2.29. The molecule has 0 aliphatic heterocycles. The van der Waals surface area contributed by atoms with Crippen LogP contribution < -0.4 is 10.6 Å². The van der Waals surface area contributed by atoms with Crippen molar-refractivity contribution in [2.75, 3.05) is 19.6 Å². The van der Waals surface area contributed by atoms with E-state index in [2.05, 4.69) is 10.6 Å². The van der Waals surface area contributed by atoms with Crippen LogP contribution in [0.25, 0.3) is 0 Å². The topological polar surface area (TPSA) is 136 Å². The fraction of sp³-hybridized carbons (Fsp3) is 0.579. The summed E-state index contributed by atoms with van der Waals surface area (Å²) in [4.78, 5) is 53.3. The number of nitrogens with zero attached hydrogens (tertiary/aromatic N) is 1. The van der Waals surface area contributed by atoms with E-state index in [1.165, 1.54) is 6.07 Å². The van der Waals surface area contributed by atoms with Crippen molar-refractivity contribution >= 4 is 23.7 Å². The van der Waals surface area contributed by atoms with Crippen LogP contribution in [-0.4, -0.2) is 70.6 Å². The maximum Gasteiger partial charge on any atom is 0.306 e. The zero-order valence-electron chi connectivity index (χ0n) is 29.2. The molecule has 1 aliphatic carbocycles. The average molecular weight is 686 g/mol. The van der Waals surface area contributed by atoms with Gasteiger partial charge in [0.25, 0.3) is 11.8 Å². The highest BCUT2D eigenvalue weighted by atomic mass is 19.1. The maximum absolute atomic E-state index is 14.2. The molecule has 2 aromatic carbocycles. The second-order valence-electron chi connectivity index (χ2n) is 13.9. The van der Waals surface area contributed by atoms with Crippen molar-refractivity contribution in [2.24, 2.45) is 23.7 Å². The molecule has 2 aromatic rings. The summed E-state index contributed by atoms with van der Waals surface area (Å²) in [5, 5.41) is 26.7. The second kappa shape index (κ2) is 19.4. The lowest BCUT2D eigenvalue weighted by atomic mass is 9.82. The molecule has 11 heteroatoms. The largest absolute Gasteiger partial charge is 0.481 e. The van der Waals surface area contributed by atoms with Crippen LogP contribution in [0.4, 0.5) is 8.78 Å². The molecule has 4 N–H and O–H groups in total. The third kappa shape index (κ3) is 12.5. The lowest BCUT2D eigenvalue weighted by molar-refractivity contribution is -0.143.